The first kappa shape index (κ1) is 24.2. The highest BCUT2D eigenvalue weighted by Crippen LogP contribution is 2.32. The molecule has 3 heterocycles. The van der Waals surface area contributed by atoms with Crippen LogP contribution in [0.3, 0.4) is 0 Å². The summed E-state index contributed by atoms with van der Waals surface area (Å²) in [7, 11) is 1.56. The molecular formula is C23H34N8O2. The number of fused-ring (bicyclic) bond motifs is 1. The van der Waals surface area contributed by atoms with Gasteiger partial charge < -0.3 is 26.5 Å². The van der Waals surface area contributed by atoms with Gasteiger partial charge in [-0.25, -0.2) is 9.97 Å². The van der Waals surface area contributed by atoms with Crippen molar-refractivity contribution in [2.24, 2.45) is 16.7 Å². The summed E-state index contributed by atoms with van der Waals surface area (Å²) < 4.78 is 5.25. The summed E-state index contributed by atoms with van der Waals surface area (Å²) in [5.41, 5.74) is 8.79. The smallest absolute Gasteiger partial charge is 0.231 e. The molecule has 0 spiro atoms. The zero-order valence-electron chi connectivity index (χ0n) is 20.3. The molecule has 0 aliphatic carbocycles. The van der Waals surface area contributed by atoms with Crippen LogP contribution in [-0.2, 0) is 11.2 Å². The molecule has 10 nitrogen and oxygen atoms in total. The van der Waals surface area contributed by atoms with E-state index in [-0.39, 0.29) is 17.3 Å². The molecule has 3 rings (SSSR count). The third kappa shape index (κ3) is 5.15. The highest BCUT2D eigenvalue weighted by molar-refractivity contribution is 5.98. The third-order valence-electron chi connectivity index (χ3n) is 6.16. The number of nitrogens with two attached hydrogens (primary N) is 2. The van der Waals surface area contributed by atoms with E-state index in [9.17, 15) is 4.79 Å². The molecule has 10 heteroatoms. The monoisotopic (exact) mass is 454 g/mol. The lowest BCUT2D eigenvalue weighted by molar-refractivity contribution is -0.133. The number of nitrogens with zero attached hydrogens (tertiary/aromatic N) is 5. The Kier molecular flexibility index (Phi) is 7.04. The number of nitrogens with one attached hydrogen (secondary N) is 1. The van der Waals surface area contributed by atoms with E-state index >= 15 is 0 Å². The van der Waals surface area contributed by atoms with Crippen LogP contribution < -0.4 is 21.6 Å². The normalized spacial score (nSPS) is 18.8. The molecule has 5 N–H and O–H groups in total. The second kappa shape index (κ2) is 9.60. The minimum absolute atomic E-state index is 0.0119. The number of amidine groups is 1. The molecule has 1 aliphatic rings. The van der Waals surface area contributed by atoms with Gasteiger partial charge in [-0.1, -0.05) is 0 Å². The maximum absolute atomic E-state index is 13.4. The quantitative estimate of drug-likeness (QED) is 0.249. The van der Waals surface area contributed by atoms with Gasteiger partial charge in [0.05, 0.1) is 30.0 Å². The lowest BCUT2D eigenvalue weighted by atomic mass is 9.87. The predicted molar refractivity (Wildman–Crippen MR) is 128 cm³/mol. The average molecular weight is 455 g/mol. The fourth-order valence-electron chi connectivity index (χ4n) is 4.21. The Hall–Kier alpha value is -3.43. The van der Waals surface area contributed by atoms with E-state index in [0.29, 0.717) is 30.5 Å². The van der Waals surface area contributed by atoms with Crippen LogP contribution in [-0.4, -0.2) is 57.3 Å². The topological polar surface area (TPSA) is 145 Å². The number of hydrogen-bond donors (Lipinski definition) is 3. The molecule has 0 saturated carbocycles. The van der Waals surface area contributed by atoms with Crippen LogP contribution in [0, 0.1) is 13.8 Å². The van der Waals surface area contributed by atoms with Crippen LogP contribution in [0.15, 0.2) is 17.2 Å². The fourth-order valence-corrected chi connectivity index (χ4v) is 4.21. The van der Waals surface area contributed by atoms with Crippen molar-refractivity contribution in [2.75, 3.05) is 25.5 Å². The first-order valence-corrected chi connectivity index (χ1v) is 11.1. The average Bonchev–Trinajstić information content (AvgIpc) is 2.80. The summed E-state index contributed by atoms with van der Waals surface area (Å²) in [5.74, 6) is 7.05. The largest absolute Gasteiger partial charge is 0.481 e. The van der Waals surface area contributed by atoms with Gasteiger partial charge in [0, 0.05) is 24.7 Å². The summed E-state index contributed by atoms with van der Waals surface area (Å²) in [6.45, 7) is 10.8. The number of carbonyl (C=O) groups is 1. The number of hydrazone groups is 1. The first-order chi connectivity index (χ1) is 15.6. The number of anilines is 1. The van der Waals surface area contributed by atoms with Crippen LogP contribution in [0.5, 0.6) is 5.88 Å². The van der Waals surface area contributed by atoms with Crippen molar-refractivity contribution in [1.29, 1.82) is 0 Å². The fraction of sp³-hybridized carbons (Fsp3) is 0.522. The number of carbonyl (C=O) groups excluding carboxylic acids is 1. The van der Waals surface area contributed by atoms with E-state index in [1.165, 1.54) is 0 Å². The molecule has 1 amide bonds. The second-order valence-electron chi connectivity index (χ2n) is 8.79. The maximum Gasteiger partial charge on any atom is 0.231 e. The van der Waals surface area contributed by atoms with E-state index in [4.69, 9.17) is 21.3 Å². The Balaban J connectivity index is 1.79. The number of methoxy groups -OCH3 is 1. The summed E-state index contributed by atoms with van der Waals surface area (Å²) in [5, 5.41) is 7.16. The van der Waals surface area contributed by atoms with Crippen LogP contribution in [0.2, 0.25) is 0 Å². The predicted octanol–water partition coefficient (Wildman–Crippen LogP) is 1.85. The molecule has 0 aromatic carbocycles. The highest BCUT2D eigenvalue weighted by atomic mass is 16.5. The third-order valence-corrected chi connectivity index (χ3v) is 6.16. The minimum atomic E-state index is -0.415. The van der Waals surface area contributed by atoms with Crippen LogP contribution in [0.4, 0.5) is 5.82 Å². The summed E-state index contributed by atoms with van der Waals surface area (Å²) in [6, 6.07) is 3.71. The van der Waals surface area contributed by atoms with Crippen LogP contribution >= 0.6 is 0 Å². The zero-order chi connectivity index (χ0) is 24.3. The molecule has 0 saturated heterocycles. The summed E-state index contributed by atoms with van der Waals surface area (Å²) >= 11 is 0. The number of likely N-dealkylation sites (N-methyl/N-ethyl adjacent to an activating group) is 1. The molecule has 2 aromatic heterocycles. The van der Waals surface area contributed by atoms with E-state index in [1.807, 2.05) is 31.7 Å². The Labute approximate surface area is 194 Å². The Morgan fingerprint density at radius 3 is 2.70 bits per heavy atom. The number of aryl methyl sites for hydroxylation is 3. The summed E-state index contributed by atoms with van der Waals surface area (Å²) in [4.78, 5) is 28.6. The van der Waals surface area contributed by atoms with Gasteiger partial charge in [0.1, 0.15) is 11.6 Å². The highest BCUT2D eigenvalue weighted by Gasteiger charge is 2.35. The lowest BCUT2D eigenvalue weighted by Crippen LogP contribution is -2.51. The molecule has 2 aromatic rings. The molecule has 1 aliphatic heterocycles. The van der Waals surface area contributed by atoms with Crippen molar-refractivity contribution in [1.82, 2.24) is 19.9 Å². The molecule has 0 radical (unpaired) electrons. The molecule has 0 bridgehead atoms. The Morgan fingerprint density at radius 2 is 2.06 bits per heavy atom. The van der Waals surface area contributed by atoms with Gasteiger partial charge in [-0.05, 0) is 59.1 Å². The van der Waals surface area contributed by atoms with Gasteiger partial charge in [-0.3, -0.25) is 4.79 Å². The van der Waals surface area contributed by atoms with Crippen molar-refractivity contribution in [3.63, 3.8) is 0 Å². The van der Waals surface area contributed by atoms with Crippen molar-refractivity contribution in [3.8, 4) is 5.88 Å². The number of pyridine rings is 1. The van der Waals surface area contributed by atoms with Gasteiger partial charge in [0.2, 0.25) is 11.8 Å². The first-order valence-electron chi connectivity index (χ1n) is 11.1. The maximum atomic E-state index is 13.4. The molecule has 0 unspecified atom stereocenters. The zero-order valence-corrected chi connectivity index (χ0v) is 20.3. The van der Waals surface area contributed by atoms with Gasteiger partial charge in [-0.15, -0.1) is 0 Å². The second-order valence-corrected chi connectivity index (χ2v) is 8.79. The van der Waals surface area contributed by atoms with Crippen molar-refractivity contribution in [2.45, 2.75) is 58.9 Å². The molecule has 0 fully saturated rings. The number of hydrogen-bond acceptors (Lipinski definition) is 8. The van der Waals surface area contributed by atoms with Crippen LogP contribution in [0.1, 0.15) is 61.4 Å². The number of amides is 1. The SMILES string of the molecule is CCN(C[C@@]1(C)CCc2cc(/C(N)=N/N)c(C)nc2N1)C(=O)[C@H](C)c1cc(OC)nc(C)n1. The number of ether oxygens (including phenoxy) is 1. The number of rotatable bonds is 7. The van der Waals surface area contributed by atoms with E-state index < -0.39 is 5.92 Å². The minimum Gasteiger partial charge on any atom is -0.481 e. The summed E-state index contributed by atoms with van der Waals surface area (Å²) in [6.07, 6.45) is 1.64. The van der Waals surface area contributed by atoms with Crippen molar-refractivity contribution in [3.05, 3.63) is 40.5 Å². The van der Waals surface area contributed by atoms with Gasteiger partial charge >= 0.3 is 0 Å². The van der Waals surface area contributed by atoms with E-state index in [0.717, 1.165) is 35.5 Å². The van der Waals surface area contributed by atoms with Crippen molar-refractivity contribution >= 4 is 17.6 Å². The Morgan fingerprint density at radius 1 is 1.33 bits per heavy atom. The van der Waals surface area contributed by atoms with Gasteiger partial charge in [0.25, 0.3) is 0 Å². The number of aromatic nitrogens is 3. The Bertz CT molecular complexity index is 1070. The lowest BCUT2D eigenvalue weighted by Gasteiger charge is -2.40. The standard InChI is InChI=1S/C23H34N8O2/c1-7-31(22(32)13(2)18-11-19(33-6)28-15(4)27-18)12-23(5)9-8-16-10-17(20(24)30-25)14(3)26-21(16)29-23/h10-11,13H,7-9,12,25H2,1-6H3,(H2,24,30)(H,26,29)/t13-,23-/m1/s1. The van der Waals surface area contributed by atoms with Crippen LogP contribution in [0.25, 0.3) is 0 Å². The van der Waals surface area contributed by atoms with Gasteiger partial charge in [-0.2, -0.15) is 10.1 Å². The van der Waals surface area contributed by atoms with E-state index in [1.54, 1.807) is 20.1 Å². The molecule has 2 atom stereocenters. The van der Waals surface area contributed by atoms with Crippen molar-refractivity contribution < 1.29 is 9.53 Å². The van der Waals surface area contributed by atoms with Gasteiger partial charge in [0.15, 0.2) is 5.84 Å². The molecular weight excluding hydrogens is 420 g/mol. The van der Waals surface area contributed by atoms with E-state index in [2.05, 4.69) is 27.3 Å². The molecule has 178 valence electrons. The molecule has 33 heavy (non-hydrogen) atoms.